The van der Waals surface area contributed by atoms with Crippen molar-refractivity contribution in [2.45, 2.75) is 45.6 Å². The molecule has 5 heteroatoms. The Kier molecular flexibility index (Phi) is 7.16. The third-order valence-electron chi connectivity index (χ3n) is 2.67. The summed E-state index contributed by atoms with van der Waals surface area (Å²) >= 11 is 0. The van der Waals surface area contributed by atoms with Crippen LogP contribution in [-0.4, -0.2) is 44.5 Å². The zero-order valence-corrected chi connectivity index (χ0v) is 12.5. The number of alkyl carbamates (subject to hydrolysis) is 1. The number of rotatable bonds is 9. The molecule has 0 aromatic heterocycles. The zero-order valence-electron chi connectivity index (χ0n) is 12.5. The van der Waals surface area contributed by atoms with Gasteiger partial charge in [0.25, 0.3) is 0 Å². The van der Waals surface area contributed by atoms with Gasteiger partial charge in [-0.2, -0.15) is 0 Å². The maximum absolute atomic E-state index is 11.3. The molecule has 1 aliphatic rings. The first-order valence-electron chi connectivity index (χ1n) is 7.23. The lowest BCUT2D eigenvalue weighted by Gasteiger charge is -2.19. The summed E-state index contributed by atoms with van der Waals surface area (Å²) in [6.45, 7) is 9.64. The average molecular weight is 272 g/mol. The van der Waals surface area contributed by atoms with Gasteiger partial charge in [0.2, 0.25) is 0 Å². The highest BCUT2D eigenvalue weighted by Crippen LogP contribution is 2.28. The standard InChI is InChI=1S/C14H28N2O3/c1-14(2,3)19-13(17)16-8-4-7-15-9-10-18-11-12-5-6-12/h12,15H,4-11H2,1-3H3,(H,16,17). The lowest BCUT2D eigenvalue weighted by Crippen LogP contribution is -2.34. The van der Waals surface area contributed by atoms with E-state index in [2.05, 4.69) is 10.6 Å². The van der Waals surface area contributed by atoms with Crippen molar-refractivity contribution in [3.8, 4) is 0 Å². The van der Waals surface area contributed by atoms with Crippen LogP contribution in [0.15, 0.2) is 0 Å². The van der Waals surface area contributed by atoms with Crippen molar-refractivity contribution in [3.05, 3.63) is 0 Å². The van der Waals surface area contributed by atoms with Crippen molar-refractivity contribution >= 4 is 6.09 Å². The third-order valence-corrected chi connectivity index (χ3v) is 2.67. The summed E-state index contributed by atoms with van der Waals surface area (Å²) < 4.78 is 10.6. The van der Waals surface area contributed by atoms with Crippen molar-refractivity contribution in [1.29, 1.82) is 0 Å². The first-order chi connectivity index (χ1) is 8.97. The van der Waals surface area contributed by atoms with Gasteiger partial charge < -0.3 is 20.1 Å². The zero-order chi connectivity index (χ0) is 14.1. The molecule has 1 rings (SSSR count). The summed E-state index contributed by atoms with van der Waals surface area (Å²) in [5.74, 6) is 0.832. The van der Waals surface area contributed by atoms with Crippen LogP contribution in [0.2, 0.25) is 0 Å². The van der Waals surface area contributed by atoms with Crippen LogP contribution in [0.1, 0.15) is 40.0 Å². The molecular weight excluding hydrogens is 244 g/mol. The van der Waals surface area contributed by atoms with E-state index in [4.69, 9.17) is 9.47 Å². The first-order valence-corrected chi connectivity index (χ1v) is 7.23. The smallest absolute Gasteiger partial charge is 0.407 e. The average Bonchev–Trinajstić information content (AvgIpc) is 3.08. The predicted octanol–water partition coefficient (Wildman–Crippen LogP) is 1.92. The van der Waals surface area contributed by atoms with Gasteiger partial charge in [-0.25, -0.2) is 4.79 Å². The maximum atomic E-state index is 11.3. The van der Waals surface area contributed by atoms with Gasteiger partial charge in [0, 0.05) is 19.7 Å². The molecule has 0 saturated heterocycles. The Balaban J connectivity index is 1.78. The minimum absolute atomic E-state index is 0.347. The molecule has 112 valence electrons. The molecule has 0 radical (unpaired) electrons. The largest absolute Gasteiger partial charge is 0.444 e. The molecule has 0 aliphatic heterocycles. The molecule has 0 heterocycles. The van der Waals surface area contributed by atoms with Crippen LogP contribution in [0, 0.1) is 5.92 Å². The Bertz CT molecular complexity index is 260. The monoisotopic (exact) mass is 272 g/mol. The van der Waals surface area contributed by atoms with E-state index in [1.807, 2.05) is 20.8 Å². The molecule has 0 aromatic rings. The summed E-state index contributed by atoms with van der Waals surface area (Å²) in [7, 11) is 0. The van der Waals surface area contributed by atoms with Gasteiger partial charge in [0.15, 0.2) is 0 Å². The van der Waals surface area contributed by atoms with Crippen LogP contribution < -0.4 is 10.6 Å². The number of carbonyl (C=O) groups is 1. The number of hydrogen-bond donors (Lipinski definition) is 2. The summed E-state index contributed by atoms with van der Waals surface area (Å²) in [5, 5.41) is 6.02. The molecule has 19 heavy (non-hydrogen) atoms. The molecule has 0 aromatic carbocycles. The van der Waals surface area contributed by atoms with Crippen molar-refractivity contribution in [3.63, 3.8) is 0 Å². The van der Waals surface area contributed by atoms with E-state index < -0.39 is 5.60 Å². The van der Waals surface area contributed by atoms with E-state index in [0.29, 0.717) is 6.54 Å². The normalized spacial score (nSPS) is 15.3. The lowest BCUT2D eigenvalue weighted by molar-refractivity contribution is 0.0527. The fraction of sp³-hybridized carbons (Fsp3) is 0.929. The van der Waals surface area contributed by atoms with E-state index in [9.17, 15) is 4.79 Å². The second-order valence-electron chi connectivity index (χ2n) is 6.05. The van der Waals surface area contributed by atoms with E-state index in [0.717, 1.165) is 38.6 Å². The minimum Gasteiger partial charge on any atom is -0.444 e. The predicted molar refractivity (Wildman–Crippen MR) is 75.3 cm³/mol. The molecule has 0 atom stereocenters. The third kappa shape index (κ3) is 10.8. The molecule has 1 aliphatic carbocycles. The van der Waals surface area contributed by atoms with Gasteiger partial charge in [-0.15, -0.1) is 0 Å². The van der Waals surface area contributed by atoms with E-state index in [1.54, 1.807) is 0 Å². The van der Waals surface area contributed by atoms with Crippen molar-refractivity contribution in [2.75, 3.05) is 32.8 Å². The second-order valence-corrected chi connectivity index (χ2v) is 6.05. The Labute approximate surface area is 116 Å². The van der Waals surface area contributed by atoms with E-state index in [1.165, 1.54) is 12.8 Å². The maximum Gasteiger partial charge on any atom is 0.407 e. The molecular formula is C14H28N2O3. The summed E-state index contributed by atoms with van der Waals surface area (Å²) in [5.41, 5.74) is -0.429. The van der Waals surface area contributed by atoms with Crippen LogP contribution in [0.4, 0.5) is 4.79 Å². The topological polar surface area (TPSA) is 59.6 Å². The Morgan fingerprint density at radius 2 is 1.95 bits per heavy atom. The highest BCUT2D eigenvalue weighted by Gasteiger charge is 2.20. The SMILES string of the molecule is CC(C)(C)OC(=O)NCCCNCCOCC1CC1. The van der Waals surface area contributed by atoms with Gasteiger partial charge in [-0.1, -0.05) is 0 Å². The molecule has 1 saturated carbocycles. The fourth-order valence-corrected chi connectivity index (χ4v) is 1.52. The van der Waals surface area contributed by atoms with Gasteiger partial charge >= 0.3 is 6.09 Å². The number of carbonyl (C=O) groups excluding carboxylic acids is 1. The van der Waals surface area contributed by atoms with E-state index >= 15 is 0 Å². The van der Waals surface area contributed by atoms with Crippen molar-refractivity contribution in [1.82, 2.24) is 10.6 Å². The summed E-state index contributed by atoms with van der Waals surface area (Å²) in [4.78, 5) is 11.3. The van der Waals surface area contributed by atoms with Crippen LogP contribution in [0.5, 0.6) is 0 Å². The quantitative estimate of drug-likeness (QED) is 0.630. The minimum atomic E-state index is -0.429. The molecule has 1 fully saturated rings. The van der Waals surface area contributed by atoms with Gasteiger partial charge in [-0.05, 0) is 52.5 Å². The van der Waals surface area contributed by atoms with Crippen molar-refractivity contribution < 1.29 is 14.3 Å². The van der Waals surface area contributed by atoms with Gasteiger partial charge in [0.1, 0.15) is 5.60 Å². The Morgan fingerprint density at radius 1 is 1.21 bits per heavy atom. The highest BCUT2D eigenvalue weighted by molar-refractivity contribution is 5.67. The molecule has 1 amide bonds. The number of amides is 1. The Hall–Kier alpha value is -0.810. The van der Waals surface area contributed by atoms with Crippen molar-refractivity contribution in [2.24, 2.45) is 5.92 Å². The molecule has 5 nitrogen and oxygen atoms in total. The molecule has 0 unspecified atom stereocenters. The number of hydrogen-bond acceptors (Lipinski definition) is 4. The van der Waals surface area contributed by atoms with E-state index in [-0.39, 0.29) is 6.09 Å². The Morgan fingerprint density at radius 3 is 2.58 bits per heavy atom. The fourth-order valence-electron chi connectivity index (χ4n) is 1.52. The van der Waals surface area contributed by atoms with Gasteiger partial charge in [-0.3, -0.25) is 0 Å². The lowest BCUT2D eigenvalue weighted by atomic mass is 10.2. The highest BCUT2D eigenvalue weighted by atomic mass is 16.6. The van der Waals surface area contributed by atoms with Crippen LogP contribution in [-0.2, 0) is 9.47 Å². The second kappa shape index (κ2) is 8.38. The van der Waals surface area contributed by atoms with Crippen LogP contribution >= 0.6 is 0 Å². The van der Waals surface area contributed by atoms with Crippen LogP contribution in [0.3, 0.4) is 0 Å². The number of nitrogens with one attached hydrogen (secondary N) is 2. The number of ether oxygens (including phenoxy) is 2. The molecule has 0 spiro atoms. The van der Waals surface area contributed by atoms with Gasteiger partial charge in [0.05, 0.1) is 6.61 Å². The van der Waals surface area contributed by atoms with Crippen LogP contribution in [0.25, 0.3) is 0 Å². The summed E-state index contributed by atoms with van der Waals surface area (Å²) in [6, 6.07) is 0. The first kappa shape index (κ1) is 16.2. The summed E-state index contributed by atoms with van der Waals surface area (Å²) in [6.07, 6.45) is 3.22. The molecule has 0 bridgehead atoms. The molecule has 2 N–H and O–H groups in total.